The summed E-state index contributed by atoms with van der Waals surface area (Å²) in [6, 6.07) is 4.50. The van der Waals surface area contributed by atoms with Crippen LogP contribution in [0.5, 0.6) is 5.75 Å². The molecule has 0 radical (unpaired) electrons. The number of methoxy groups -OCH3 is 1. The molecule has 0 aliphatic rings. The smallest absolute Gasteiger partial charge is 0.240 e. The van der Waals surface area contributed by atoms with Gasteiger partial charge in [0, 0.05) is 24.5 Å². The van der Waals surface area contributed by atoms with Crippen molar-refractivity contribution >= 4 is 10.0 Å². The van der Waals surface area contributed by atoms with Crippen molar-refractivity contribution in [2.24, 2.45) is 0 Å². The van der Waals surface area contributed by atoms with E-state index in [9.17, 15) is 12.8 Å². The van der Waals surface area contributed by atoms with Crippen LogP contribution in [0.1, 0.15) is 16.7 Å². The van der Waals surface area contributed by atoms with Gasteiger partial charge in [-0.3, -0.25) is 4.98 Å². The van der Waals surface area contributed by atoms with Crippen molar-refractivity contribution in [1.82, 2.24) is 9.71 Å². The zero-order valence-electron chi connectivity index (χ0n) is 13.3. The van der Waals surface area contributed by atoms with Crippen LogP contribution in [-0.2, 0) is 16.4 Å². The summed E-state index contributed by atoms with van der Waals surface area (Å²) in [6.07, 6.45) is 3.93. The summed E-state index contributed by atoms with van der Waals surface area (Å²) >= 11 is 0. The Kier molecular flexibility index (Phi) is 5.33. The monoisotopic (exact) mass is 338 g/mol. The fourth-order valence-corrected chi connectivity index (χ4v) is 3.54. The van der Waals surface area contributed by atoms with Crippen molar-refractivity contribution in [3.05, 3.63) is 53.1 Å². The van der Waals surface area contributed by atoms with Gasteiger partial charge in [0.25, 0.3) is 0 Å². The summed E-state index contributed by atoms with van der Waals surface area (Å²) in [4.78, 5) is 3.91. The van der Waals surface area contributed by atoms with E-state index in [4.69, 9.17) is 4.74 Å². The number of ether oxygens (including phenoxy) is 1. The molecule has 1 aromatic carbocycles. The lowest BCUT2D eigenvalue weighted by molar-refractivity contribution is 0.384. The number of aromatic nitrogens is 1. The minimum absolute atomic E-state index is 0.0221. The van der Waals surface area contributed by atoms with E-state index < -0.39 is 15.8 Å². The second kappa shape index (κ2) is 7.06. The average molecular weight is 338 g/mol. The Labute approximate surface area is 135 Å². The summed E-state index contributed by atoms with van der Waals surface area (Å²) in [5.74, 6) is -0.644. The van der Waals surface area contributed by atoms with Gasteiger partial charge in [-0.05, 0) is 49.6 Å². The fraction of sp³-hybridized carbons (Fsp3) is 0.312. The summed E-state index contributed by atoms with van der Waals surface area (Å²) in [6.45, 7) is 3.56. The normalized spacial score (nSPS) is 11.5. The molecule has 0 aliphatic carbocycles. The van der Waals surface area contributed by atoms with Crippen LogP contribution in [-0.4, -0.2) is 27.1 Å². The Bertz CT molecular complexity index is 807. The topological polar surface area (TPSA) is 68.3 Å². The molecule has 0 bridgehead atoms. The van der Waals surface area contributed by atoms with Crippen LogP contribution < -0.4 is 9.46 Å². The molecule has 0 saturated heterocycles. The number of hydrogen-bond acceptors (Lipinski definition) is 4. The van der Waals surface area contributed by atoms with Crippen molar-refractivity contribution in [1.29, 1.82) is 0 Å². The minimum atomic E-state index is -3.78. The lowest BCUT2D eigenvalue weighted by Crippen LogP contribution is -2.27. The maximum Gasteiger partial charge on any atom is 0.240 e. The first kappa shape index (κ1) is 17.4. The summed E-state index contributed by atoms with van der Waals surface area (Å²) in [5.41, 5.74) is 2.05. The Morgan fingerprint density at radius 3 is 2.65 bits per heavy atom. The van der Waals surface area contributed by atoms with Crippen LogP contribution in [0.3, 0.4) is 0 Å². The molecular formula is C16H19FN2O3S. The second-order valence-corrected chi connectivity index (χ2v) is 6.89. The molecule has 23 heavy (non-hydrogen) atoms. The molecule has 2 aromatic rings. The highest BCUT2D eigenvalue weighted by Crippen LogP contribution is 2.25. The number of hydrogen-bond donors (Lipinski definition) is 1. The number of nitrogens with zero attached hydrogens (tertiary/aromatic N) is 1. The van der Waals surface area contributed by atoms with Crippen molar-refractivity contribution in [3.63, 3.8) is 0 Å². The van der Waals surface area contributed by atoms with Crippen LogP contribution >= 0.6 is 0 Å². The summed E-state index contributed by atoms with van der Waals surface area (Å²) in [7, 11) is -2.45. The number of pyridine rings is 1. The van der Waals surface area contributed by atoms with Crippen molar-refractivity contribution in [2.75, 3.05) is 13.7 Å². The molecule has 1 aromatic heterocycles. The van der Waals surface area contributed by atoms with E-state index in [1.54, 1.807) is 12.4 Å². The molecular weight excluding hydrogens is 319 g/mol. The molecule has 5 nitrogen and oxygen atoms in total. The van der Waals surface area contributed by atoms with Gasteiger partial charge in [-0.25, -0.2) is 17.5 Å². The van der Waals surface area contributed by atoms with E-state index in [1.165, 1.54) is 26.2 Å². The van der Waals surface area contributed by atoms with Crippen LogP contribution in [0.25, 0.3) is 0 Å². The zero-order chi connectivity index (χ0) is 17.0. The largest absolute Gasteiger partial charge is 0.494 e. The summed E-state index contributed by atoms with van der Waals surface area (Å²) < 4.78 is 46.1. The number of rotatable bonds is 6. The highest BCUT2D eigenvalue weighted by atomic mass is 32.2. The molecule has 0 spiro atoms. The third kappa shape index (κ3) is 3.86. The minimum Gasteiger partial charge on any atom is -0.494 e. The number of halogens is 1. The predicted molar refractivity (Wildman–Crippen MR) is 85.6 cm³/mol. The van der Waals surface area contributed by atoms with Crippen molar-refractivity contribution in [2.45, 2.75) is 25.2 Å². The van der Waals surface area contributed by atoms with E-state index in [-0.39, 0.29) is 22.8 Å². The van der Waals surface area contributed by atoms with Gasteiger partial charge in [-0.1, -0.05) is 0 Å². The second-order valence-electron chi connectivity index (χ2n) is 5.15. The molecule has 7 heteroatoms. The predicted octanol–water partition coefficient (Wildman–Crippen LogP) is 2.37. The molecule has 0 saturated carbocycles. The zero-order valence-corrected chi connectivity index (χ0v) is 14.1. The molecule has 1 heterocycles. The third-order valence-electron chi connectivity index (χ3n) is 3.63. The maximum atomic E-state index is 14.0. The first-order valence-electron chi connectivity index (χ1n) is 7.09. The Hall–Kier alpha value is -1.99. The van der Waals surface area contributed by atoms with Crippen LogP contribution in [0, 0.1) is 19.7 Å². The first-order chi connectivity index (χ1) is 10.9. The van der Waals surface area contributed by atoms with Crippen LogP contribution in [0.15, 0.2) is 35.5 Å². The molecule has 1 N–H and O–H groups in total. The molecule has 0 amide bonds. The average Bonchev–Trinajstić information content (AvgIpc) is 2.51. The van der Waals surface area contributed by atoms with Gasteiger partial charge >= 0.3 is 0 Å². The maximum absolute atomic E-state index is 14.0. The molecule has 0 fully saturated rings. The first-order valence-corrected chi connectivity index (χ1v) is 8.57. The Balaban J connectivity index is 2.14. The van der Waals surface area contributed by atoms with Gasteiger partial charge in [-0.15, -0.1) is 0 Å². The highest BCUT2D eigenvalue weighted by Gasteiger charge is 2.20. The van der Waals surface area contributed by atoms with Gasteiger partial charge in [-0.2, -0.15) is 0 Å². The van der Waals surface area contributed by atoms with Crippen LogP contribution in [0.2, 0.25) is 0 Å². The van der Waals surface area contributed by atoms with Gasteiger partial charge in [0.2, 0.25) is 10.0 Å². The molecule has 0 unspecified atom stereocenters. The van der Waals surface area contributed by atoms with Gasteiger partial charge in [0.15, 0.2) is 11.6 Å². The number of nitrogens with one attached hydrogen (secondary N) is 1. The summed E-state index contributed by atoms with van der Waals surface area (Å²) in [5, 5.41) is 0. The number of benzene rings is 1. The molecule has 2 rings (SSSR count). The quantitative estimate of drug-likeness (QED) is 0.878. The van der Waals surface area contributed by atoms with E-state index >= 15 is 0 Å². The molecule has 124 valence electrons. The number of aryl methyl sites for hydroxylation is 1. The highest BCUT2D eigenvalue weighted by molar-refractivity contribution is 7.89. The molecule has 0 aliphatic heterocycles. The third-order valence-corrected chi connectivity index (χ3v) is 5.24. The molecule has 0 atom stereocenters. The Morgan fingerprint density at radius 2 is 2.00 bits per heavy atom. The number of sulfonamides is 1. The van der Waals surface area contributed by atoms with E-state index in [1.807, 2.05) is 13.0 Å². The Morgan fingerprint density at radius 1 is 1.26 bits per heavy atom. The fourth-order valence-electron chi connectivity index (χ4n) is 2.27. The van der Waals surface area contributed by atoms with Crippen molar-refractivity contribution in [3.8, 4) is 5.75 Å². The van der Waals surface area contributed by atoms with E-state index in [0.717, 1.165) is 11.1 Å². The lowest BCUT2D eigenvalue weighted by atomic mass is 10.1. The van der Waals surface area contributed by atoms with Gasteiger partial charge in [0.05, 0.1) is 12.0 Å². The van der Waals surface area contributed by atoms with E-state index in [2.05, 4.69) is 9.71 Å². The SMILES string of the molecule is COc1ccc(S(=O)(=O)NCCc2ccncc2C)c(C)c1F. The lowest BCUT2D eigenvalue weighted by Gasteiger charge is -2.12. The van der Waals surface area contributed by atoms with Crippen LogP contribution in [0.4, 0.5) is 4.39 Å². The van der Waals surface area contributed by atoms with Gasteiger partial charge in [0.1, 0.15) is 0 Å². The standard InChI is InChI=1S/C16H19FN2O3S/c1-11-10-18-8-6-13(11)7-9-19-23(20,21)15-5-4-14(22-3)16(17)12(15)2/h4-6,8,10,19H,7,9H2,1-3H3. The van der Waals surface area contributed by atoms with Gasteiger partial charge < -0.3 is 4.74 Å². The van der Waals surface area contributed by atoms with Crippen molar-refractivity contribution < 1.29 is 17.5 Å². The van der Waals surface area contributed by atoms with E-state index in [0.29, 0.717) is 6.42 Å².